The minimum atomic E-state index is -0.284. The van der Waals surface area contributed by atoms with Gasteiger partial charge >= 0.3 is 0 Å². The Balaban J connectivity index is 2.14. The molecular formula is C12H13ClFN3S. The zero-order valence-electron chi connectivity index (χ0n) is 10.2. The minimum Gasteiger partial charge on any atom is -0.309 e. The molecule has 3 nitrogen and oxygen atoms in total. The van der Waals surface area contributed by atoms with Crippen molar-refractivity contribution in [1.29, 1.82) is 0 Å². The zero-order chi connectivity index (χ0) is 13.1. The van der Waals surface area contributed by atoms with E-state index in [0.717, 1.165) is 17.4 Å². The average Bonchev–Trinajstić information content (AvgIpc) is 2.70. The first-order chi connectivity index (χ1) is 8.63. The van der Waals surface area contributed by atoms with E-state index in [1.807, 2.05) is 18.5 Å². The van der Waals surface area contributed by atoms with Crippen molar-refractivity contribution in [2.24, 2.45) is 7.05 Å². The molecule has 0 saturated heterocycles. The number of hydrogen-bond donors (Lipinski definition) is 0. The molecule has 0 fully saturated rings. The molecule has 0 amide bonds. The lowest BCUT2D eigenvalue weighted by Crippen LogP contribution is -1.98. The summed E-state index contributed by atoms with van der Waals surface area (Å²) in [4.78, 5) is 0. The molecule has 0 aliphatic heterocycles. The molecule has 0 atom stereocenters. The summed E-state index contributed by atoms with van der Waals surface area (Å²) in [5.74, 6) is 1.08. The average molecular weight is 286 g/mol. The van der Waals surface area contributed by atoms with Gasteiger partial charge in [-0.05, 0) is 12.1 Å². The first-order valence-corrected chi connectivity index (χ1v) is 6.93. The van der Waals surface area contributed by atoms with Gasteiger partial charge in [0.15, 0.2) is 5.16 Å². The van der Waals surface area contributed by atoms with Crippen LogP contribution in [-0.2, 0) is 19.2 Å². The minimum absolute atomic E-state index is 0.284. The maximum atomic E-state index is 13.6. The van der Waals surface area contributed by atoms with E-state index in [1.54, 1.807) is 12.1 Å². The molecule has 2 aromatic rings. The van der Waals surface area contributed by atoms with Crippen LogP contribution in [0.25, 0.3) is 0 Å². The van der Waals surface area contributed by atoms with Crippen LogP contribution in [0.4, 0.5) is 4.39 Å². The fourth-order valence-electron chi connectivity index (χ4n) is 1.59. The van der Waals surface area contributed by atoms with E-state index in [4.69, 9.17) is 11.6 Å². The summed E-state index contributed by atoms with van der Waals surface area (Å²) in [6.07, 6.45) is 0.824. The molecule has 6 heteroatoms. The van der Waals surface area contributed by atoms with E-state index >= 15 is 0 Å². The molecule has 0 bridgehead atoms. The molecule has 96 valence electrons. The van der Waals surface area contributed by atoms with E-state index in [1.165, 1.54) is 17.8 Å². The molecule has 0 spiro atoms. The normalized spacial score (nSPS) is 10.9. The van der Waals surface area contributed by atoms with Crippen molar-refractivity contribution >= 4 is 23.4 Å². The van der Waals surface area contributed by atoms with E-state index in [-0.39, 0.29) is 5.82 Å². The molecule has 0 radical (unpaired) electrons. The van der Waals surface area contributed by atoms with Crippen molar-refractivity contribution in [2.75, 3.05) is 0 Å². The van der Waals surface area contributed by atoms with Crippen molar-refractivity contribution in [3.05, 3.63) is 40.4 Å². The number of nitrogens with zero attached hydrogens (tertiary/aromatic N) is 3. The number of benzene rings is 1. The van der Waals surface area contributed by atoms with Gasteiger partial charge < -0.3 is 4.57 Å². The summed E-state index contributed by atoms with van der Waals surface area (Å²) in [6.45, 7) is 2.02. The Bertz CT molecular complexity index is 536. The number of halogens is 2. The summed E-state index contributed by atoms with van der Waals surface area (Å²) in [7, 11) is 1.91. The van der Waals surface area contributed by atoms with Crippen molar-refractivity contribution < 1.29 is 4.39 Å². The molecule has 1 aromatic carbocycles. The lowest BCUT2D eigenvalue weighted by molar-refractivity contribution is 0.617. The summed E-state index contributed by atoms with van der Waals surface area (Å²) < 4.78 is 15.5. The fraction of sp³-hybridized carbons (Fsp3) is 0.333. The van der Waals surface area contributed by atoms with E-state index in [9.17, 15) is 4.39 Å². The molecule has 1 aromatic heterocycles. The molecule has 18 heavy (non-hydrogen) atoms. The van der Waals surface area contributed by atoms with Crippen LogP contribution in [-0.4, -0.2) is 14.8 Å². The quantitative estimate of drug-likeness (QED) is 0.806. The molecule has 1 heterocycles. The maximum absolute atomic E-state index is 13.6. The van der Waals surface area contributed by atoms with E-state index in [0.29, 0.717) is 16.3 Å². The highest BCUT2D eigenvalue weighted by Crippen LogP contribution is 2.27. The third kappa shape index (κ3) is 2.67. The number of thioether (sulfide) groups is 1. The fourth-order valence-corrected chi connectivity index (χ4v) is 2.86. The van der Waals surface area contributed by atoms with Crippen LogP contribution < -0.4 is 0 Å². The van der Waals surface area contributed by atoms with Crippen molar-refractivity contribution in [3.8, 4) is 0 Å². The molecule has 0 aliphatic carbocycles. The SMILES string of the molecule is CCc1nnc(SCc2c(F)cccc2Cl)n1C. The number of aromatic nitrogens is 3. The number of hydrogen-bond acceptors (Lipinski definition) is 3. The van der Waals surface area contributed by atoms with Gasteiger partial charge in [0.2, 0.25) is 0 Å². The second-order valence-corrected chi connectivity index (χ2v) is 5.15. The van der Waals surface area contributed by atoms with Gasteiger partial charge in [-0.15, -0.1) is 10.2 Å². The standard InChI is InChI=1S/C12H13ClFN3S/c1-3-11-15-16-12(17(11)2)18-7-8-9(13)5-4-6-10(8)14/h4-6H,3,7H2,1-2H3. The van der Waals surface area contributed by atoms with Crippen LogP contribution in [0.2, 0.25) is 5.02 Å². The Kier molecular flexibility index (Phi) is 4.24. The summed E-state index contributed by atoms with van der Waals surface area (Å²) >= 11 is 7.40. The molecule has 2 rings (SSSR count). The summed E-state index contributed by atoms with van der Waals surface area (Å²) in [6, 6.07) is 4.70. The van der Waals surface area contributed by atoms with Gasteiger partial charge in [0.25, 0.3) is 0 Å². The Labute approximate surface area is 114 Å². The maximum Gasteiger partial charge on any atom is 0.191 e. The van der Waals surface area contributed by atoms with E-state index in [2.05, 4.69) is 10.2 Å². The van der Waals surface area contributed by atoms with E-state index < -0.39 is 0 Å². The van der Waals surface area contributed by atoms with Crippen LogP contribution in [0.1, 0.15) is 18.3 Å². The highest BCUT2D eigenvalue weighted by molar-refractivity contribution is 7.98. The Morgan fingerprint density at radius 3 is 2.78 bits per heavy atom. The smallest absolute Gasteiger partial charge is 0.191 e. The topological polar surface area (TPSA) is 30.7 Å². The van der Waals surface area contributed by atoms with Crippen LogP contribution >= 0.6 is 23.4 Å². The van der Waals surface area contributed by atoms with Crippen LogP contribution in [0.15, 0.2) is 23.4 Å². The predicted octanol–water partition coefficient (Wildman–Crippen LogP) is 3.46. The molecule has 0 aliphatic rings. The Morgan fingerprint density at radius 1 is 1.39 bits per heavy atom. The molecule has 0 N–H and O–H groups in total. The first kappa shape index (κ1) is 13.4. The second kappa shape index (κ2) is 5.71. The van der Waals surface area contributed by atoms with Gasteiger partial charge in [0.05, 0.1) is 0 Å². The highest BCUT2D eigenvalue weighted by atomic mass is 35.5. The van der Waals surface area contributed by atoms with Gasteiger partial charge in [-0.3, -0.25) is 0 Å². The number of aryl methyl sites for hydroxylation is 1. The second-order valence-electron chi connectivity index (χ2n) is 3.80. The van der Waals surface area contributed by atoms with Crippen molar-refractivity contribution in [2.45, 2.75) is 24.3 Å². The lowest BCUT2D eigenvalue weighted by Gasteiger charge is -2.05. The van der Waals surface area contributed by atoms with Gasteiger partial charge in [0.1, 0.15) is 11.6 Å². The first-order valence-electron chi connectivity index (χ1n) is 5.57. The summed E-state index contributed by atoms with van der Waals surface area (Å²) in [5, 5.41) is 9.34. The van der Waals surface area contributed by atoms with Crippen LogP contribution in [0, 0.1) is 5.82 Å². The van der Waals surface area contributed by atoms with Crippen LogP contribution in [0.3, 0.4) is 0 Å². The largest absolute Gasteiger partial charge is 0.309 e. The molecular weight excluding hydrogens is 273 g/mol. The molecule has 0 unspecified atom stereocenters. The predicted molar refractivity (Wildman–Crippen MR) is 71.4 cm³/mol. The van der Waals surface area contributed by atoms with Crippen molar-refractivity contribution in [3.63, 3.8) is 0 Å². The lowest BCUT2D eigenvalue weighted by atomic mass is 10.2. The number of rotatable bonds is 4. The monoisotopic (exact) mass is 285 g/mol. The van der Waals surface area contributed by atoms with Crippen LogP contribution in [0.5, 0.6) is 0 Å². The third-order valence-corrected chi connectivity index (χ3v) is 4.05. The van der Waals surface area contributed by atoms with Gasteiger partial charge in [-0.1, -0.05) is 36.4 Å². The highest BCUT2D eigenvalue weighted by Gasteiger charge is 2.11. The summed E-state index contributed by atoms with van der Waals surface area (Å²) in [5.41, 5.74) is 0.505. The Hall–Kier alpha value is -1.07. The zero-order valence-corrected chi connectivity index (χ0v) is 11.7. The van der Waals surface area contributed by atoms with Gasteiger partial charge in [0, 0.05) is 29.8 Å². The van der Waals surface area contributed by atoms with Crippen molar-refractivity contribution in [1.82, 2.24) is 14.8 Å². The Morgan fingerprint density at radius 2 is 2.17 bits per heavy atom. The van der Waals surface area contributed by atoms with Gasteiger partial charge in [-0.25, -0.2) is 4.39 Å². The molecule has 0 saturated carbocycles. The van der Waals surface area contributed by atoms with Gasteiger partial charge in [-0.2, -0.15) is 0 Å². The third-order valence-electron chi connectivity index (χ3n) is 2.65.